The average Bonchev–Trinajstić information content (AvgIpc) is 3.41. The maximum absolute atomic E-state index is 14.3. The molecule has 2 amide bonds. The molecule has 5 nitrogen and oxygen atoms in total. The van der Waals surface area contributed by atoms with E-state index >= 15 is 0 Å². The van der Waals surface area contributed by atoms with Crippen LogP contribution in [0.3, 0.4) is 0 Å². The number of benzene rings is 4. The van der Waals surface area contributed by atoms with Crippen LogP contribution in [0.15, 0.2) is 131 Å². The number of rotatable bonds is 5. The van der Waals surface area contributed by atoms with Gasteiger partial charge in [-0.05, 0) is 65.7 Å². The van der Waals surface area contributed by atoms with Crippen LogP contribution in [0.2, 0.25) is 0 Å². The van der Waals surface area contributed by atoms with Gasteiger partial charge in [-0.3, -0.25) is 19.4 Å². The van der Waals surface area contributed by atoms with Crippen molar-refractivity contribution in [3.63, 3.8) is 0 Å². The molecule has 0 saturated heterocycles. The third kappa shape index (κ3) is 4.03. The number of carbonyl (C=O) groups excluding carboxylic acids is 2. The molecule has 186 valence electrons. The molecule has 0 N–H and O–H groups in total. The number of amides is 2. The van der Waals surface area contributed by atoms with Gasteiger partial charge in [-0.1, -0.05) is 76.6 Å². The summed E-state index contributed by atoms with van der Waals surface area (Å²) < 4.78 is 6.24. The number of para-hydroxylation sites is 2. The lowest BCUT2D eigenvalue weighted by Crippen LogP contribution is -2.38. The third-order valence-corrected chi connectivity index (χ3v) is 7.35. The molecule has 0 radical (unpaired) electrons. The lowest BCUT2D eigenvalue weighted by molar-refractivity contribution is -0.118. The minimum atomic E-state index is -0.477. The monoisotopic (exact) mass is 562 g/mol. The molecular weight excluding hydrogens is 540 g/mol. The largest absolute Gasteiger partial charge is 0.497 e. The summed E-state index contributed by atoms with van der Waals surface area (Å²) in [6.45, 7) is 0. The molecule has 6 heteroatoms. The molecule has 4 aromatic carbocycles. The fourth-order valence-electron chi connectivity index (χ4n) is 5.08. The molecule has 0 bridgehead atoms. The number of hydrogen-bond acceptors (Lipinski definition) is 3. The summed E-state index contributed by atoms with van der Waals surface area (Å²) >= 11 is 3.52. The normalized spacial score (nSPS) is 17.9. The highest BCUT2D eigenvalue weighted by atomic mass is 79.9. The van der Waals surface area contributed by atoms with Crippen molar-refractivity contribution < 1.29 is 14.3 Å². The fourth-order valence-corrected chi connectivity index (χ4v) is 5.34. The smallest absolute Gasteiger partial charge is 0.276 e. The van der Waals surface area contributed by atoms with Gasteiger partial charge in [-0.15, -0.1) is 0 Å². The van der Waals surface area contributed by atoms with Gasteiger partial charge in [0.2, 0.25) is 0 Å². The van der Waals surface area contributed by atoms with Gasteiger partial charge in [0.15, 0.2) is 0 Å². The zero-order valence-electron chi connectivity index (χ0n) is 20.5. The van der Waals surface area contributed by atoms with Crippen LogP contribution in [0.5, 0.6) is 5.75 Å². The van der Waals surface area contributed by atoms with Crippen LogP contribution in [0.1, 0.15) is 17.2 Å². The molecule has 1 unspecified atom stereocenters. The number of ether oxygens (including phenoxy) is 1. The quantitative estimate of drug-likeness (QED) is 0.248. The topological polar surface area (TPSA) is 49.9 Å². The van der Waals surface area contributed by atoms with Crippen LogP contribution >= 0.6 is 15.9 Å². The molecule has 4 aromatic rings. The molecule has 0 aliphatic carbocycles. The summed E-state index contributed by atoms with van der Waals surface area (Å²) in [6.07, 6.45) is 1.87. The first kappa shape index (κ1) is 23.9. The second-order valence-electron chi connectivity index (χ2n) is 9.03. The standard InChI is InChI=1S/C32H23BrN2O3/c1-38-26-18-12-21(13-19-26)20-27-28-29(22-14-16-23(33)17-15-22)34(24-8-4-2-5-9-24)32(37)30(28)35(31(27)36)25-10-6-3-7-11-25/h2-20,29H,1H3/b27-20-. The van der Waals surface area contributed by atoms with E-state index in [2.05, 4.69) is 15.9 Å². The first-order valence-corrected chi connectivity index (χ1v) is 13.0. The number of nitrogens with zero attached hydrogens (tertiary/aromatic N) is 2. The summed E-state index contributed by atoms with van der Waals surface area (Å²) in [6, 6.07) is 33.9. The van der Waals surface area contributed by atoms with Crippen molar-refractivity contribution in [2.24, 2.45) is 0 Å². The Balaban J connectivity index is 1.59. The highest BCUT2D eigenvalue weighted by Gasteiger charge is 2.52. The Bertz CT molecular complexity index is 1580. The number of halogens is 1. The van der Waals surface area contributed by atoms with Crippen molar-refractivity contribution in [3.8, 4) is 5.75 Å². The summed E-state index contributed by atoms with van der Waals surface area (Å²) in [5.74, 6) is 0.296. The molecular formula is C32H23BrN2O3. The Morgan fingerprint density at radius 3 is 1.95 bits per heavy atom. The zero-order valence-corrected chi connectivity index (χ0v) is 22.1. The molecule has 6 rings (SSSR count). The molecule has 38 heavy (non-hydrogen) atoms. The molecule has 2 heterocycles. The zero-order chi connectivity index (χ0) is 26.2. The Morgan fingerprint density at radius 2 is 1.34 bits per heavy atom. The van der Waals surface area contributed by atoms with E-state index in [1.165, 1.54) is 0 Å². The fraction of sp³-hybridized carbons (Fsp3) is 0.0625. The van der Waals surface area contributed by atoms with E-state index in [-0.39, 0.29) is 11.8 Å². The van der Waals surface area contributed by atoms with Crippen LogP contribution < -0.4 is 14.5 Å². The highest BCUT2D eigenvalue weighted by molar-refractivity contribution is 9.10. The number of methoxy groups -OCH3 is 1. The minimum absolute atomic E-state index is 0.213. The molecule has 2 aliphatic heterocycles. The van der Waals surface area contributed by atoms with Crippen molar-refractivity contribution in [3.05, 3.63) is 142 Å². The Labute approximate surface area is 229 Å². The van der Waals surface area contributed by atoms with E-state index in [1.807, 2.05) is 115 Å². The predicted molar refractivity (Wildman–Crippen MR) is 153 cm³/mol. The van der Waals surface area contributed by atoms with Crippen molar-refractivity contribution in [2.45, 2.75) is 6.04 Å². The van der Waals surface area contributed by atoms with Crippen LogP contribution in [0.4, 0.5) is 11.4 Å². The van der Waals surface area contributed by atoms with Gasteiger partial charge in [-0.25, -0.2) is 0 Å². The first-order chi connectivity index (χ1) is 18.6. The van der Waals surface area contributed by atoms with E-state index in [1.54, 1.807) is 16.9 Å². The maximum Gasteiger partial charge on any atom is 0.276 e. The van der Waals surface area contributed by atoms with Gasteiger partial charge < -0.3 is 4.74 Å². The van der Waals surface area contributed by atoms with Gasteiger partial charge in [-0.2, -0.15) is 0 Å². The van der Waals surface area contributed by atoms with Crippen LogP contribution in [0.25, 0.3) is 6.08 Å². The van der Waals surface area contributed by atoms with Crippen molar-refractivity contribution in [1.29, 1.82) is 0 Å². The highest BCUT2D eigenvalue weighted by Crippen LogP contribution is 2.50. The predicted octanol–water partition coefficient (Wildman–Crippen LogP) is 6.93. The summed E-state index contributed by atoms with van der Waals surface area (Å²) in [5.41, 5.74) is 4.76. The summed E-state index contributed by atoms with van der Waals surface area (Å²) in [5, 5.41) is 0. The summed E-state index contributed by atoms with van der Waals surface area (Å²) in [4.78, 5) is 31.7. The van der Waals surface area contributed by atoms with Crippen LogP contribution in [-0.2, 0) is 9.59 Å². The summed E-state index contributed by atoms with van der Waals surface area (Å²) in [7, 11) is 1.62. The van der Waals surface area contributed by atoms with Gasteiger partial charge in [0.1, 0.15) is 11.4 Å². The molecule has 0 spiro atoms. The van der Waals surface area contributed by atoms with E-state index in [9.17, 15) is 9.59 Å². The molecule has 0 fully saturated rings. The molecule has 0 aromatic heterocycles. The Kier molecular flexibility index (Phi) is 6.18. The van der Waals surface area contributed by atoms with Crippen molar-refractivity contribution >= 4 is 45.2 Å². The van der Waals surface area contributed by atoms with Crippen LogP contribution in [-0.4, -0.2) is 18.9 Å². The lowest BCUT2D eigenvalue weighted by Gasteiger charge is -2.30. The van der Waals surface area contributed by atoms with E-state index in [4.69, 9.17) is 4.74 Å². The van der Waals surface area contributed by atoms with Crippen molar-refractivity contribution in [2.75, 3.05) is 16.9 Å². The Morgan fingerprint density at radius 1 is 0.737 bits per heavy atom. The average molecular weight is 563 g/mol. The van der Waals surface area contributed by atoms with E-state index in [0.29, 0.717) is 22.5 Å². The van der Waals surface area contributed by atoms with Gasteiger partial charge in [0.25, 0.3) is 11.8 Å². The van der Waals surface area contributed by atoms with Gasteiger partial charge in [0.05, 0.1) is 13.2 Å². The molecule has 2 aliphatic rings. The van der Waals surface area contributed by atoms with E-state index < -0.39 is 6.04 Å². The minimum Gasteiger partial charge on any atom is -0.497 e. The lowest BCUT2D eigenvalue weighted by atomic mass is 9.93. The second kappa shape index (κ2) is 9.80. The second-order valence-corrected chi connectivity index (χ2v) is 9.95. The van der Waals surface area contributed by atoms with Gasteiger partial charge >= 0.3 is 0 Å². The number of carbonyl (C=O) groups is 2. The molecule has 0 saturated carbocycles. The number of hydrogen-bond donors (Lipinski definition) is 0. The first-order valence-electron chi connectivity index (χ1n) is 12.2. The van der Waals surface area contributed by atoms with Crippen molar-refractivity contribution in [1.82, 2.24) is 0 Å². The SMILES string of the molecule is COc1ccc(/C=C2\C(=O)N(c3ccccc3)C3=C2C(c2ccc(Br)cc2)N(c2ccccc2)C3=O)cc1. The molecule has 1 atom stereocenters. The number of anilines is 2. The van der Waals surface area contributed by atoms with Gasteiger partial charge in [0, 0.05) is 27.0 Å². The Hall–Kier alpha value is -4.42. The maximum atomic E-state index is 14.3. The van der Waals surface area contributed by atoms with E-state index in [0.717, 1.165) is 27.0 Å². The third-order valence-electron chi connectivity index (χ3n) is 6.82. The van der Waals surface area contributed by atoms with Crippen LogP contribution in [0, 0.1) is 0 Å².